The molecule has 1 aliphatic carbocycles. The van der Waals surface area contributed by atoms with Crippen molar-refractivity contribution in [3.05, 3.63) is 0 Å². The molecular formula is C14H25NO3. The summed E-state index contributed by atoms with van der Waals surface area (Å²) in [7, 11) is 0. The monoisotopic (exact) mass is 255 g/mol. The fourth-order valence-corrected chi connectivity index (χ4v) is 1.97. The van der Waals surface area contributed by atoms with Crippen molar-refractivity contribution < 1.29 is 14.3 Å². The molecule has 0 bridgehead atoms. The first-order valence-corrected chi connectivity index (χ1v) is 6.54. The normalized spacial score (nSPS) is 18.1. The van der Waals surface area contributed by atoms with Crippen LogP contribution in [0.4, 0.5) is 4.79 Å². The largest absolute Gasteiger partial charge is 0.444 e. The van der Waals surface area contributed by atoms with Crippen LogP contribution in [0.3, 0.4) is 0 Å². The van der Waals surface area contributed by atoms with E-state index in [2.05, 4.69) is 0 Å². The van der Waals surface area contributed by atoms with Gasteiger partial charge in [-0.05, 0) is 60.3 Å². The number of nitrogens with zero attached hydrogens (tertiary/aromatic N) is 1. The smallest absolute Gasteiger partial charge is 0.411 e. The van der Waals surface area contributed by atoms with E-state index in [-0.39, 0.29) is 6.04 Å². The van der Waals surface area contributed by atoms with Crippen molar-refractivity contribution >= 4 is 12.4 Å². The van der Waals surface area contributed by atoms with E-state index in [0.29, 0.717) is 5.92 Å². The van der Waals surface area contributed by atoms with Crippen LogP contribution in [-0.4, -0.2) is 34.5 Å². The Bertz CT molecular complexity index is 321. The fourth-order valence-electron chi connectivity index (χ4n) is 1.97. The molecule has 1 amide bonds. The zero-order valence-corrected chi connectivity index (χ0v) is 12.3. The molecule has 1 fully saturated rings. The molecule has 1 saturated carbocycles. The number of hydrogen-bond acceptors (Lipinski definition) is 3. The zero-order valence-electron chi connectivity index (χ0n) is 12.3. The standard InChI is InChI=1S/C14H25NO3/c1-13(2,3)15(11(9-16)10-7-8-10)12(17)18-14(4,5)6/h9-11H,7-8H2,1-6H3. The fraction of sp³-hybridized carbons (Fsp3) is 0.857. The first-order valence-electron chi connectivity index (χ1n) is 6.54. The lowest BCUT2D eigenvalue weighted by molar-refractivity contribution is -0.115. The van der Waals surface area contributed by atoms with E-state index in [0.717, 1.165) is 19.1 Å². The maximum atomic E-state index is 12.3. The van der Waals surface area contributed by atoms with Gasteiger partial charge in [-0.25, -0.2) is 4.79 Å². The lowest BCUT2D eigenvalue weighted by atomic mass is 10.0. The minimum absolute atomic E-state index is 0.300. The molecule has 0 N–H and O–H groups in total. The molecule has 104 valence electrons. The molecule has 0 aromatic carbocycles. The molecule has 4 nitrogen and oxygen atoms in total. The second kappa shape index (κ2) is 4.90. The lowest BCUT2D eigenvalue weighted by Crippen LogP contribution is -2.54. The van der Waals surface area contributed by atoms with Crippen molar-refractivity contribution in [3.63, 3.8) is 0 Å². The molecule has 0 aliphatic heterocycles. The van der Waals surface area contributed by atoms with Crippen molar-refractivity contribution in [3.8, 4) is 0 Å². The predicted molar refractivity (Wildman–Crippen MR) is 70.4 cm³/mol. The Morgan fingerprint density at radius 3 is 2.00 bits per heavy atom. The van der Waals surface area contributed by atoms with E-state index in [4.69, 9.17) is 4.74 Å². The number of carbonyl (C=O) groups is 2. The van der Waals surface area contributed by atoms with Gasteiger partial charge in [0.15, 0.2) is 0 Å². The molecule has 0 aromatic rings. The average Bonchev–Trinajstić information content (AvgIpc) is 2.91. The van der Waals surface area contributed by atoms with Crippen molar-refractivity contribution in [2.24, 2.45) is 5.92 Å². The molecular weight excluding hydrogens is 230 g/mol. The number of aldehydes is 1. The van der Waals surface area contributed by atoms with Gasteiger partial charge < -0.3 is 9.53 Å². The van der Waals surface area contributed by atoms with Gasteiger partial charge in [0.2, 0.25) is 0 Å². The van der Waals surface area contributed by atoms with Crippen LogP contribution < -0.4 is 0 Å². The summed E-state index contributed by atoms with van der Waals surface area (Å²) in [5.41, 5.74) is -0.964. The summed E-state index contributed by atoms with van der Waals surface area (Å²) in [4.78, 5) is 25.2. The quantitative estimate of drug-likeness (QED) is 0.728. The molecule has 0 saturated heterocycles. The maximum Gasteiger partial charge on any atom is 0.411 e. The topological polar surface area (TPSA) is 46.6 Å². The van der Waals surface area contributed by atoms with E-state index >= 15 is 0 Å². The zero-order chi connectivity index (χ0) is 14.1. The summed E-state index contributed by atoms with van der Waals surface area (Å²) in [5.74, 6) is 0.300. The van der Waals surface area contributed by atoms with Crippen molar-refractivity contribution in [1.82, 2.24) is 4.90 Å². The van der Waals surface area contributed by atoms with Crippen LogP contribution in [0.5, 0.6) is 0 Å². The maximum absolute atomic E-state index is 12.3. The van der Waals surface area contributed by atoms with Crippen LogP contribution in [0, 0.1) is 5.92 Å². The third-order valence-electron chi connectivity index (χ3n) is 2.86. The Labute approximate surface area is 110 Å². The second-order valence-electron chi connectivity index (χ2n) is 6.99. The van der Waals surface area contributed by atoms with E-state index in [1.165, 1.54) is 0 Å². The molecule has 18 heavy (non-hydrogen) atoms. The van der Waals surface area contributed by atoms with Gasteiger partial charge in [-0.1, -0.05) is 0 Å². The van der Waals surface area contributed by atoms with Gasteiger partial charge in [0, 0.05) is 5.54 Å². The number of ether oxygens (including phenoxy) is 1. The molecule has 0 spiro atoms. The highest BCUT2D eigenvalue weighted by molar-refractivity contribution is 5.75. The van der Waals surface area contributed by atoms with Gasteiger partial charge in [-0.2, -0.15) is 0 Å². The highest BCUT2D eigenvalue weighted by atomic mass is 16.6. The Morgan fingerprint density at radius 1 is 1.22 bits per heavy atom. The lowest BCUT2D eigenvalue weighted by Gasteiger charge is -2.40. The highest BCUT2D eigenvalue weighted by Gasteiger charge is 2.43. The number of hydrogen-bond donors (Lipinski definition) is 0. The SMILES string of the molecule is CC(C)(C)OC(=O)N(C(C=O)C1CC1)C(C)(C)C. The average molecular weight is 255 g/mol. The van der Waals surface area contributed by atoms with Crippen LogP contribution in [0.1, 0.15) is 54.4 Å². The van der Waals surface area contributed by atoms with Crippen LogP contribution >= 0.6 is 0 Å². The summed E-state index contributed by atoms with van der Waals surface area (Å²) in [6, 6.07) is -0.361. The predicted octanol–water partition coefficient (Wildman–Crippen LogP) is 3.00. The van der Waals surface area contributed by atoms with Crippen molar-refractivity contribution in [2.45, 2.75) is 71.6 Å². The molecule has 0 radical (unpaired) electrons. The molecule has 1 rings (SSSR count). The minimum Gasteiger partial charge on any atom is -0.444 e. The summed E-state index contributed by atoms with van der Waals surface area (Å²) in [5, 5.41) is 0. The van der Waals surface area contributed by atoms with E-state index in [9.17, 15) is 9.59 Å². The minimum atomic E-state index is -0.544. The van der Waals surface area contributed by atoms with Gasteiger partial charge in [0.1, 0.15) is 11.9 Å². The number of amides is 1. The van der Waals surface area contributed by atoms with Gasteiger partial charge in [0.05, 0.1) is 6.04 Å². The van der Waals surface area contributed by atoms with Crippen LogP contribution in [0.25, 0.3) is 0 Å². The van der Waals surface area contributed by atoms with Crippen LogP contribution in [-0.2, 0) is 9.53 Å². The summed E-state index contributed by atoms with van der Waals surface area (Å²) in [6.07, 6.45) is 2.50. The molecule has 0 heterocycles. The Kier molecular flexibility index (Phi) is 4.08. The van der Waals surface area contributed by atoms with Gasteiger partial charge >= 0.3 is 6.09 Å². The second-order valence-corrected chi connectivity index (χ2v) is 6.99. The van der Waals surface area contributed by atoms with Gasteiger partial charge in [-0.15, -0.1) is 0 Å². The highest BCUT2D eigenvalue weighted by Crippen LogP contribution is 2.37. The molecule has 1 unspecified atom stereocenters. The van der Waals surface area contributed by atoms with Crippen LogP contribution in [0.2, 0.25) is 0 Å². The third kappa shape index (κ3) is 4.00. The third-order valence-corrected chi connectivity index (χ3v) is 2.86. The van der Waals surface area contributed by atoms with E-state index < -0.39 is 17.2 Å². The van der Waals surface area contributed by atoms with E-state index in [1.54, 1.807) is 4.90 Å². The molecule has 0 aromatic heterocycles. The number of rotatable bonds is 3. The molecule has 1 atom stereocenters. The summed E-state index contributed by atoms with van der Waals surface area (Å²) in [6.45, 7) is 11.3. The number of carbonyl (C=O) groups excluding carboxylic acids is 2. The summed E-state index contributed by atoms with van der Waals surface area (Å²) >= 11 is 0. The summed E-state index contributed by atoms with van der Waals surface area (Å²) < 4.78 is 5.42. The Morgan fingerprint density at radius 2 is 1.72 bits per heavy atom. The van der Waals surface area contributed by atoms with Gasteiger partial charge in [0.25, 0.3) is 0 Å². The Hall–Kier alpha value is -1.06. The van der Waals surface area contributed by atoms with E-state index in [1.807, 2.05) is 41.5 Å². The van der Waals surface area contributed by atoms with Gasteiger partial charge in [-0.3, -0.25) is 4.90 Å². The first-order chi connectivity index (χ1) is 8.06. The van der Waals surface area contributed by atoms with Crippen molar-refractivity contribution in [1.29, 1.82) is 0 Å². The molecule has 4 heteroatoms. The molecule has 1 aliphatic rings. The van der Waals surface area contributed by atoms with Crippen molar-refractivity contribution in [2.75, 3.05) is 0 Å². The van der Waals surface area contributed by atoms with Crippen LogP contribution in [0.15, 0.2) is 0 Å². The first kappa shape index (κ1) is 15.0. The Balaban J connectivity index is 2.91.